The summed E-state index contributed by atoms with van der Waals surface area (Å²) in [4.78, 5) is 11.2. The van der Waals surface area contributed by atoms with Crippen LogP contribution < -0.4 is 11.1 Å². The molecule has 1 saturated carbocycles. The minimum Gasteiger partial charge on any atom is -0.369 e. The quantitative estimate of drug-likeness (QED) is 0.887. The van der Waals surface area contributed by atoms with Gasteiger partial charge in [-0.2, -0.15) is 0 Å². The third-order valence-corrected chi connectivity index (χ3v) is 4.66. The van der Waals surface area contributed by atoms with E-state index in [0.717, 1.165) is 32.2 Å². The summed E-state index contributed by atoms with van der Waals surface area (Å²) in [5, 5.41) is 3.63. The standard InChI is InChI=1S/C17H26N2O/c1-11-8-13(3)15(9-12(11)2)10-19-16-6-4-14(5-7-16)17(18)20/h8-9,14,16,19H,4-7,10H2,1-3H3,(H2,18,20). The predicted octanol–water partition coefficient (Wildman–Crippen LogP) is 2.75. The number of nitrogens with one attached hydrogen (secondary N) is 1. The number of hydrogen-bond donors (Lipinski definition) is 2. The second kappa shape index (κ2) is 6.40. The highest BCUT2D eigenvalue weighted by Gasteiger charge is 2.24. The third kappa shape index (κ3) is 3.60. The van der Waals surface area contributed by atoms with E-state index in [1.165, 1.54) is 22.3 Å². The molecule has 2 rings (SSSR count). The molecule has 0 aromatic heterocycles. The van der Waals surface area contributed by atoms with Crippen LogP contribution in [0.15, 0.2) is 12.1 Å². The van der Waals surface area contributed by atoms with Crippen molar-refractivity contribution in [3.05, 3.63) is 34.4 Å². The number of primary amides is 1. The summed E-state index contributed by atoms with van der Waals surface area (Å²) in [5.74, 6) is -0.0372. The zero-order chi connectivity index (χ0) is 14.7. The van der Waals surface area contributed by atoms with Crippen LogP contribution in [0.5, 0.6) is 0 Å². The van der Waals surface area contributed by atoms with Gasteiger partial charge < -0.3 is 11.1 Å². The number of aryl methyl sites for hydroxylation is 3. The van der Waals surface area contributed by atoms with Crippen LogP contribution in [0.4, 0.5) is 0 Å². The number of nitrogens with two attached hydrogens (primary N) is 1. The van der Waals surface area contributed by atoms with E-state index in [9.17, 15) is 4.79 Å². The van der Waals surface area contributed by atoms with E-state index in [4.69, 9.17) is 5.73 Å². The zero-order valence-corrected chi connectivity index (χ0v) is 12.8. The maximum Gasteiger partial charge on any atom is 0.220 e. The molecule has 1 aliphatic carbocycles. The number of hydrogen-bond acceptors (Lipinski definition) is 2. The minimum absolute atomic E-state index is 0.0939. The molecule has 0 bridgehead atoms. The molecule has 0 spiro atoms. The molecular formula is C17H26N2O. The van der Waals surface area contributed by atoms with Crippen molar-refractivity contribution in [3.8, 4) is 0 Å². The molecule has 0 radical (unpaired) electrons. The van der Waals surface area contributed by atoms with Crippen molar-refractivity contribution in [2.45, 2.75) is 59.0 Å². The topological polar surface area (TPSA) is 55.1 Å². The fourth-order valence-corrected chi connectivity index (χ4v) is 3.05. The van der Waals surface area contributed by atoms with E-state index in [2.05, 4.69) is 38.2 Å². The summed E-state index contributed by atoms with van der Waals surface area (Å²) < 4.78 is 0. The van der Waals surface area contributed by atoms with Gasteiger partial charge in [-0.05, 0) is 68.7 Å². The van der Waals surface area contributed by atoms with Gasteiger partial charge >= 0.3 is 0 Å². The third-order valence-electron chi connectivity index (χ3n) is 4.66. The van der Waals surface area contributed by atoms with Gasteiger partial charge in [0.05, 0.1) is 0 Å². The summed E-state index contributed by atoms with van der Waals surface area (Å²) in [6.45, 7) is 7.41. The average Bonchev–Trinajstić information content (AvgIpc) is 2.42. The molecule has 20 heavy (non-hydrogen) atoms. The first kappa shape index (κ1) is 15.0. The van der Waals surface area contributed by atoms with Crippen LogP contribution in [0.25, 0.3) is 0 Å². The first-order valence-electron chi connectivity index (χ1n) is 7.56. The largest absolute Gasteiger partial charge is 0.369 e. The van der Waals surface area contributed by atoms with Gasteiger partial charge in [0.1, 0.15) is 0 Å². The first-order valence-corrected chi connectivity index (χ1v) is 7.56. The van der Waals surface area contributed by atoms with Crippen LogP contribution in [0.1, 0.15) is 47.9 Å². The highest BCUT2D eigenvalue weighted by molar-refractivity contribution is 5.76. The Kier molecular flexibility index (Phi) is 4.81. The van der Waals surface area contributed by atoms with Crippen LogP contribution in [-0.4, -0.2) is 11.9 Å². The van der Waals surface area contributed by atoms with Crippen LogP contribution >= 0.6 is 0 Å². The van der Waals surface area contributed by atoms with E-state index in [0.29, 0.717) is 6.04 Å². The number of carbonyl (C=O) groups excluding carboxylic acids is 1. The molecule has 1 aliphatic rings. The van der Waals surface area contributed by atoms with Crippen LogP contribution in [-0.2, 0) is 11.3 Å². The SMILES string of the molecule is Cc1cc(C)c(CNC2CCC(C(N)=O)CC2)cc1C. The highest BCUT2D eigenvalue weighted by atomic mass is 16.1. The number of rotatable bonds is 4. The van der Waals surface area contributed by atoms with Crippen molar-refractivity contribution in [3.63, 3.8) is 0 Å². The molecule has 110 valence electrons. The van der Waals surface area contributed by atoms with E-state index in [1.807, 2.05) is 0 Å². The van der Waals surface area contributed by atoms with Gasteiger partial charge in [-0.1, -0.05) is 12.1 Å². The molecule has 3 N–H and O–H groups in total. The van der Waals surface area contributed by atoms with E-state index < -0.39 is 0 Å². The Labute approximate surface area is 121 Å². The molecule has 1 fully saturated rings. The summed E-state index contributed by atoms with van der Waals surface area (Å²) in [5.41, 5.74) is 10.8. The van der Waals surface area contributed by atoms with Crippen molar-refractivity contribution in [2.24, 2.45) is 11.7 Å². The Morgan fingerprint density at radius 1 is 1.10 bits per heavy atom. The predicted molar refractivity (Wildman–Crippen MR) is 82.4 cm³/mol. The molecule has 1 aromatic carbocycles. The van der Waals surface area contributed by atoms with E-state index >= 15 is 0 Å². The lowest BCUT2D eigenvalue weighted by molar-refractivity contribution is -0.122. The molecule has 0 heterocycles. The second-order valence-corrected chi connectivity index (χ2v) is 6.19. The zero-order valence-electron chi connectivity index (χ0n) is 12.8. The Morgan fingerprint density at radius 2 is 1.70 bits per heavy atom. The summed E-state index contributed by atoms with van der Waals surface area (Å²) >= 11 is 0. The lowest BCUT2D eigenvalue weighted by atomic mass is 9.85. The van der Waals surface area contributed by atoms with Gasteiger partial charge in [0.25, 0.3) is 0 Å². The molecule has 0 unspecified atom stereocenters. The van der Waals surface area contributed by atoms with Gasteiger partial charge in [-0.3, -0.25) is 4.79 Å². The van der Waals surface area contributed by atoms with Gasteiger partial charge in [0.15, 0.2) is 0 Å². The Morgan fingerprint density at radius 3 is 2.30 bits per heavy atom. The molecule has 3 nitrogen and oxygen atoms in total. The molecule has 1 aromatic rings. The number of amides is 1. The molecule has 1 amide bonds. The average molecular weight is 274 g/mol. The lowest BCUT2D eigenvalue weighted by Gasteiger charge is -2.27. The molecule has 0 aliphatic heterocycles. The Bertz CT molecular complexity index is 488. The Balaban J connectivity index is 1.87. The van der Waals surface area contributed by atoms with Crippen molar-refractivity contribution in [1.82, 2.24) is 5.32 Å². The highest BCUT2D eigenvalue weighted by Crippen LogP contribution is 2.24. The van der Waals surface area contributed by atoms with Crippen molar-refractivity contribution in [2.75, 3.05) is 0 Å². The van der Waals surface area contributed by atoms with Crippen LogP contribution in [0, 0.1) is 26.7 Å². The van der Waals surface area contributed by atoms with E-state index in [-0.39, 0.29) is 11.8 Å². The Hall–Kier alpha value is -1.35. The first-order chi connectivity index (χ1) is 9.47. The normalized spacial score (nSPS) is 22.8. The maximum atomic E-state index is 11.2. The van der Waals surface area contributed by atoms with Gasteiger partial charge in [-0.15, -0.1) is 0 Å². The summed E-state index contributed by atoms with van der Waals surface area (Å²) in [6.07, 6.45) is 3.97. The van der Waals surface area contributed by atoms with Crippen LogP contribution in [0.2, 0.25) is 0 Å². The van der Waals surface area contributed by atoms with Gasteiger partial charge in [0, 0.05) is 18.5 Å². The lowest BCUT2D eigenvalue weighted by Crippen LogP contribution is -2.36. The number of benzene rings is 1. The minimum atomic E-state index is -0.131. The van der Waals surface area contributed by atoms with E-state index in [1.54, 1.807) is 0 Å². The molecular weight excluding hydrogens is 248 g/mol. The summed E-state index contributed by atoms with van der Waals surface area (Å²) in [6, 6.07) is 5.06. The maximum absolute atomic E-state index is 11.2. The van der Waals surface area contributed by atoms with Gasteiger partial charge in [0.2, 0.25) is 5.91 Å². The number of carbonyl (C=O) groups is 1. The fourth-order valence-electron chi connectivity index (χ4n) is 3.05. The smallest absolute Gasteiger partial charge is 0.220 e. The second-order valence-electron chi connectivity index (χ2n) is 6.19. The summed E-state index contributed by atoms with van der Waals surface area (Å²) in [7, 11) is 0. The molecule has 3 heteroatoms. The fraction of sp³-hybridized carbons (Fsp3) is 0.588. The molecule has 0 atom stereocenters. The van der Waals surface area contributed by atoms with Gasteiger partial charge in [-0.25, -0.2) is 0 Å². The van der Waals surface area contributed by atoms with Crippen LogP contribution in [0.3, 0.4) is 0 Å². The molecule has 0 saturated heterocycles. The monoisotopic (exact) mass is 274 g/mol. The van der Waals surface area contributed by atoms with Crippen molar-refractivity contribution < 1.29 is 4.79 Å². The van der Waals surface area contributed by atoms with Crippen molar-refractivity contribution >= 4 is 5.91 Å². The van der Waals surface area contributed by atoms with Crippen molar-refractivity contribution in [1.29, 1.82) is 0 Å².